The third-order valence-electron chi connectivity index (χ3n) is 4.43. The molecule has 2 aromatic carbocycles. The molecular formula is C21H27N3O4. The normalized spacial score (nSPS) is 12.9. The Morgan fingerprint density at radius 3 is 2.04 bits per heavy atom. The van der Waals surface area contributed by atoms with Crippen LogP contribution < -0.4 is 16.1 Å². The van der Waals surface area contributed by atoms with Crippen molar-refractivity contribution in [3.63, 3.8) is 0 Å². The van der Waals surface area contributed by atoms with Crippen molar-refractivity contribution in [3.05, 3.63) is 59.7 Å². The maximum atomic E-state index is 12.5. The molecule has 5 N–H and O–H groups in total. The summed E-state index contributed by atoms with van der Waals surface area (Å²) in [4.78, 5) is 24.6. The number of carbonyl (C=O) groups excluding carboxylic acids is 2. The first-order valence-electron chi connectivity index (χ1n) is 9.29. The molecule has 0 aliphatic heterocycles. The van der Waals surface area contributed by atoms with Gasteiger partial charge in [0.05, 0.1) is 6.10 Å². The molecule has 2 rings (SSSR count). The van der Waals surface area contributed by atoms with E-state index in [1.165, 1.54) is 12.5 Å². The summed E-state index contributed by atoms with van der Waals surface area (Å²) >= 11 is 0. The second kappa shape index (κ2) is 10.6. The van der Waals surface area contributed by atoms with Crippen LogP contribution in [0.4, 0.5) is 0 Å². The van der Waals surface area contributed by atoms with Crippen molar-refractivity contribution in [2.45, 2.75) is 32.4 Å². The van der Waals surface area contributed by atoms with Crippen LogP contribution in [0.2, 0.25) is 0 Å². The topological polar surface area (TPSA) is 111 Å². The number of aliphatic hydroxyl groups excluding tert-OH is 1. The summed E-state index contributed by atoms with van der Waals surface area (Å²) in [6.45, 7) is 3.86. The largest absolute Gasteiger partial charge is 0.391 e. The number of carbonyl (C=O) groups is 2. The Morgan fingerprint density at radius 2 is 1.54 bits per heavy atom. The average Bonchev–Trinajstić information content (AvgIpc) is 2.72. The van der Waals surface area contributed by atoms with Crippen LogP contribution in [0.3, 0.4) is 0 Å². The van der Waals surface area contributed by atoms with E-state index in [0.29, 0.717) is 5.56 Å². The van der Waals surface area contributed by atoms with Crippen molar-refractivity contribution < 1.29 is 19.9 Å². The first kappa shape index (κ1) is 21.6. The van der Waals surface area contributed by atoms with E-state index in [2.05, 4.69) is 29.7 Å². The van der Waals surface area contributed by atoms with Gasteiger partial charge < -0.3 is 20.9 Å². The number of hydrogen-bond acceptors (Lipinski definition) is 5. The van der Waals surface area contributed by atoms with E-state index in [1.807, 2.05) is 29.7 Å². The molecule has 0 fully saturated rings. The van der Waals surface area contributed by atoms with Gasteiger partial charge in [0.15, 0.2) is 0 Å². The smallest absolute Gasteiger partial charge is 0.252 e. The van der Waals surface area contributed by atoms with Gasteiger partial charge in [0.2, 0.25) is 5.91 Å². The van der Waals surface area contributed by atoms with E-state index in [-0.39, 0.29) is 13.1 Å². The summed E-state index contributed by atoms with van der Waals surface area (Å²) in [6.07, 6.45) is -0.0871. The van der Waals surface area contributed by atoms with Gasteiger partial charge in [-0.25, -0.2) is 5.48 Å². The molecule has 0 radical (unpaired) electrons. The van der Waals surface area contributed by atoms with E-state index in [9.17, 15) is 14.7 Å². The van der Waals surface area contributed by atoms with Crippen molar-refractivity contribution in [1.82, 2.24) is 16.1 Å². The highest BCUT2D eigenvalue weighted by molar-refractivity contribution is 5.98. The third kappa shape index (κ3) is 5.88. The molecule has 2 aromatic rings. The Morgan fingerprint density at radius 1 is 0.964 bits per heavy atom. The number of benzene rings is 2. The van der Waals surface area contributed by atoms with Gasteiger partial charge in [-0.2, -0.15) is 0 Å². The van der Waals surface area contributed by atoms with E-state index in [4.69, 9.17) is 5.21 Å². The lowest BCUT2D eigenvalue weighted by Crippen LogP contribution is -2.53. The molecule has 0 spiro atoms. The summed E-state index contributed by atoms with van der Waals surface area (Å²) in [5.74, 6) is -0.972. The fraction of sp³-hybridized carbons (Fsp3) is 0.333. The lowest BCUT2D eigenvalue weighted by atomic mass is 10.0. The minimum atomic E-state index is -1.09. The fourth-order valence-electron chi connectivity index (χ4n) is 2.73. The molecule has 0 heterocycles. The standard InChI is InChI=1S/C21H27N3O4/c1-3-15-4-6-16(7-5-15)17-8-10-18(11-9-17)20(26)24-19(14(2)25)21(27)22-12-13-23-28/h4-11,14,19,23,25,28H,3,12-13H2,1-2H3,(H,22,27)(H,24,26)/t14-,19+/m1/s1. The van der Waals surface area contributed by atoms with Crippen LogP contribution in [0.1, 0.15) is 29.8 Å². The molecule has 2 atom stereocenters. The van der Waals surface area contributed by atoms with E-state index in [1.54, 1.807) is 12.1 Å². The minimum Gasteiger partial charge on any atom is -0.391 e. The van der Waals surface area contributed by atoms with Gasteiger partial charge >= 0.3 is 0 Å². The summed E-state index contributed by atoms with van der Waals surface area (Å²) in [5.41, 5.74) is 5.62. The lowest BCUT2D eigenvalue weighted by Gasteiger charge is -2.21. The van der Waals surface area contributed by atoms with Gasteiger partial charge in [-0.05, 0) is 42.2 Å². The summed E-state index contributed by atoms with van der Waals surface area (Å²) in [6, 6.07) is 14.2. The predicted molar refractivity (Wildman–Crippen MR) is 107 cm³/mol. The van der Waals surface area contributed by atoms with Crippen LogP contribution in [-0.4, -0.2) is 47.4 Å². The lowest BCUT2D eigenvalue weighted by molar-refractivity contribution is -0.125. The zero-order valence-electron chi connectivity index (χ0n) is 16.1. The number of rotatable bonds is 9. The van der Waals surface area contributed by atoms with Crippen molar-refractivity contribution in [3.8, 4) is 11.1 Å². The molecule has 2 amide bonds. The van der Waals surface area contributed by atoms with Crippen LogP contribution >= 0.6 is 0 Å². The Labute approximate surface area is 164 Å². The Bertz CT molecular complexity index is 773. The molecule has 0 aromatic heterocycles. The third-order valence-corrected chi connectivity index (χ3v) is 4.43. The van der Waals surface area contributed by atoms with Gasteiger partial charge in [0.25, 0.3) is 5.91 Å². The summed E-state index contributed by atoms with van der Waals surface area (Å²) in [5, 5.41) is 23.4. The van der Waals surface area contributed by atoms with Gasteiger partial charge in [0.1, 0.15) is 6.04 Å². The number of amides is 2. The van der Waals surface area contributed by atoms with Crippen molar-refractivity contribution in [2.24, 2.45) is 0 Å². The first-order chi connectivity index (χ1) is 13.5. The molecule has 0 unspecified atom stereocenters. The predicted octanol–water partition coefficient (Wildman–Crippen LogP) is 1.49. The van der Waals surface area contributed by atoms with Gasteiger partial charge in [-0.15, -0.1) is 0 Å². The van der Waals surface area contributed by atoms with E-state index in [0.717, 1.165) is 17.5 Å². The van der Waals surface area contributed by atoms with Crippen molar-refractivity contribution >= 4 is 11.8 Å². The van der Waals surface area contributed by atoms with Gasteiger partial charge in [-0.1, -0.05) is 43.3 Å². The summed E-state index contributed by atoms with van der Waals surface area (Å²) in [7, 11) is 0. The van der Waals surface area contributed by atoms with E-state index >= 15 is 0 Å². The Kier molecular flexibility index (Phi) is 8.13. The summed E-state index contributed by atoms with van der Waals surface area (Å²) < 4.78 is 0. The molecule has 28 heavy (non-hydrogen) atoms. The number of nitrogens with one attached hydrogen (secondary N) is 3. The van der Waals surface area contributed by atoms with Crippen LogP contribution in [0.25, 0.3) is 11.1 Å². The number of hydroxylamine groups is 1. The van der Waals surface area contributed by atoms with Crippen LogP contribution in [-0.2, 0) is 11.2 Å². The second-order valence-electron chi connectivity index (χ2n) is 6.52. The maximum absolute atomic E-state index is 12.5. The van der Waals surface area contributed by atoms with Crippen molar-refractivity contribution in [2.75, 3.05) is 13.1 Å². The van der Waals surface area contributed by atoms with Crippen molar-refractivity contribution in [1.29, 1.82) is 0 Å². The molecule has 150 valence electrons. The average molecular weight is 385 g/mol. The molecule has 7 heteroatoms. The monoisotopic (exact) mass is 385 g/mol. The minimum absolute atomic E-state index is 0.160. The van der Waals surface area contributed by atoms with Crippen LogP contribution in [0.15, 0.2) is 48.5 Å². The highest BCUT2D eigenvalue weighted by Crippen LogP contribution is 2.20. The molecular weight excluding hydrogens is 358 g/mol. The van der Waals surface area contributed by atoms with Gasteiger partial charge in [0, 0.05) is 18.7 Å². The maximum Gasteiger partial charge on any atom is 0.252 e. The number of aryl methyl sites for hydroxylation is 1. The van der Waals surface area contributed by atoms with Gasteiger partial charge in [-0.3, -0.25) is 9.59 Å². The fourth-order valence-corrected chi connectivity index (χ4v) is 2.73. The molecule has 0 saturated carbocycles. The van der Waals surface area contributed by atoms with Crippen LogP contribution in [0, 0.1) is 0 Å². The molecule has 0 aliphatic carbocycles. The van der Waals surface area contributed by atoms with E-state index < -0.39 is 24.0 Å². The molecule has 0 aliphatic rings. The zero-order valence-corrected chi connectivity index (χ0v) is 16.1. The molecule has 0 saturated heterocycles. The zero-order chi connectivity index (χ0) is 20.5. The highest BCUT2D eigenvalue weighted by atomic mass is 16.5. The Balaban J connectivity index is 2.04. The quantitative estimate of drug-likeness (QED) is 0.332. The molecule has 7 nitrogen and oxygen atoms in total. The second-order valence-corrected chi connectivity index (χ2v) is 6.52. The Hall–Kier alpha value is -2.74. The number of aliphatic hydroxyl groups is 1. The van der Waals surface area contributed by atoms with Crippen LogP contribution in [0.5, 0.6) is 0 Å². The highest BCUT2D eigenvalue weighted by Gasteiger charge is 2.25. The first-order valence-corrected chi connectivity index (χ1v) is 9.29. The molecule has 0 bridgehead atoms. The number of hydrogen-bond donors (Lipinski definition) is 5. The SMILES string of the molecule is CCc1ccc(-c2ccc(C(=O)N[C@H](C(=O)NCCNO)[C@@H](C)O)cc2)cc1.